The number of cyclic esters (lactones) is 1. The second-order valence-electron chi connectivity index (χ2n) is 4.57. The lowest BCUT2D eigenvalue weighted by atomic mass is 9.97. The summed E-state index contributed by atoms with van der Waals surface area (Å²) in [7, 11) is 0. The Hall–Kier alpha value is -2.62. The quantitative estimate of drug-likeness (QED) is 0.850. The monoisotopic (exact) mass is 267 g/mol. The van der Waals surface area contributed by atoms with Crippen LogP contribution in [0, 0.1) is 0 Å². The SMILES string of the molecule is O=C1OC(c2cccnc2)CC(O)=C1c1ccccc1. The number of rotatable bonds is 2. The van der Waals surface area contributed by atoms with Crippen LogP contribution in [0.1, 0.15) is 23.7 Å². The van der Waals surface area contributed by atoms with Gasteiger partial charge in [0.1, 0.15) is 17.4 Å². The van der Waals surface area contributed by atoms with Crippen LogP contribution >= 0.6 is 0 Å². The zero-order valence-electron chi connectivity index (χ0n) is 10.7. The van der Waals surface area contributed by atoms with Crippen LogP contribution in [-0.4, -0.2) is 16.1 Å². The molecule has 0 aliphatic carbocycles. The standard InChI is InChI=1S/C16H13NO3/c18-13-9-14(12-7-4-8-17-10-12)20-16(19)15(13)11-5-2-1-3-6-11/h1-8,10,14,18H,9H2. The molecule has 1 aromatic carbocycles. The molecule has 1 aliphatic rings. The molecular weight excluding hydrogens is 254 g/mol. The number of aliphatic hydroxyl groups excluding tert-OH is 1. The molecule has 4 heteroatoms. The molecule has 100 valence electrons. The van der Waals surface area contributed by atoms with Gasteiger partial charge in [-0.05, 0) is 11.6 Å². The van der Waals surface area contributed by atoms with Crippen LogP contribution in [0.2, 0.25) is 0 Å². The fourth-order valence-corrected chi connectivity index (χ4v) is 2.27. The summed E-state index contributed by atoms with van der Waals surface area (Å²) in [6, 6.07) is 12.6. The zero-order chi connectivity index (χ0) is 13.9. The van der Waals surface area contributed by atoms with E-state index >= 15 is 0 Å². The number of aromatic nitrogens is 1. The number of benzene rings is 1. The summed E-state index contributed by atoms with van der Waals surface area (Å²) in [5.74, 6) is -0.449. The van der Waals surface area contributed by atoms with Gasteiger partial charge in [0.05, 0.1) is 0 Å². The highest BCUT2D eigenvalue weighted by atomic mass is 16.5. The number of ether oxygens (including phenoxy) is 1. The number of aliphatic hydroxyl groups is 1. The third-order valence-electron chi connectivity index (χ3n) is 3.24. The van der Waals surface area contributed by atoms with Gasteiger partial charge in [-0.1, -0.05) is 36.4 Å². The Morgan fingerprint density at radius 3 is 2.60 bits per heavy atom. The lowest BCUT2D eigenvalue weighted by Crippen LogP contribution is -2.20. The van der Waals surface area contributed by atoms with E-state index in [-0.39, 0.29) is 17.8 Å². The molecule has 0 saturated heterocycles. The number of pyridine rings is 1. The first-order valence-corrected chi connectivity index (χ1v) is 6.34. The summed E-state index contributed by atoms with van der Waals surface area (Å²) in [5.41, 5.74) is 1.69. The Labute approximate surface area is 116 Å². The molecule has 0 saturated carbocycles. The predicted octanol–water partition coefficient (Wildman–Crippen LogP) is 3.04. The van der Waals surface area contributed by atoms with Crippen molar-refractivity contribution in [2.24, 2.45) is 0 Å². The van der Waals surface area contributed by atoms with Crippen molar-refractivity contribution in [1.82, 2.24) is 4.98 Å². The molecule has 0 bridgehead atoms. The molecular formula is C16H13NO3. The first-order valence-electron chi connectivity index (χ1n) is 6.34. The molecule has 0 spiro atoms. The van der Waals surface area contributed by atoms with Gasteiger partial charge in [-0.25, -0.2) is 4.79 Å². The van der Waals surface area contributed by atoms with Crippen LogP contribution in [0.15, 0.2) is 60.6 Å². The topological polar surface area (TPSA) is 59.4 Å². The summed E-state index contributed by atoms with van der Waals surface area (Å²) in [6.45, 7) is 0. The van der Waals surface area contributed by atoms with Gasteiger partial charge >= 0.3 is 5.97 Å². The van der Waals surface area contributed by atoms with Crippen molar-refractivity contribution in [3.8, 4) is 0 Å². The number of carbonyl (C=O) groups is 1. The lowest BCUT2D eigenvalue weighted by molar-refractivity contribution is -0.144. The molecule has 2 heterocycles. The van der Waals surface area contributed by atoms with Crippen LogP contribution in [0.25, 0.3) is 5.57 Å². The minimum absolute atomic E-state index is 0.0568. The molecule has 1 N–H and O–H groups in total. The van der Waals surface area contributed by atoms with Gasteiger partial charge in [0, 0.05) is 24.4 Å². The van der Waals surface area contributed by atoms with E-state index in [1.807, 2.05) is 24.3 Å². The Bertz CT molecular complexity index is 650. The van der Waals surface area contributed by atoms with Crippen molar-refractivity contribution < 1.29 is 14.6 Å². The molecule has 1 aliphatic heterocycles. The normalized spacial score (nSPS) is 18.8. The Balaban J connectivity index is 1.94. The lowest BCUT2D eigenvalue weighted by Gasteiger charge is -2.24. The summed E-state index contributed by atoms with van der Waals surface area (Å²) in [4.78, 5) is 16.1. The highest BCUT2D eigenvalue weighted by molar-refractivity contribution is 6.17. The summed E-state index contributed by atoms with van der Waals surface area (Å²) in [5, 5.41) is 10.2. The van der Waals surface area contributed by atoms with Crippen molar-refractivity contribution >= 4 is 11.5 Å². The number of hydrogen-bond acceptors (Lipinski definition) is 4. The molecule has 0 amide bonds. The largest absolute Gasteiger partial charge is 0.511 e. The summed E-state index contributed by atoms with van der Waals surface area (Å²) < 4.78 is 5.41. The molecule has 3 rings (SSSR count). The molecule has 4 nitrogen and oxygen atoms in total. The zero-order valence-corrected chi connectivity index (χ0v) is 10.7. The second-order valence-corrected chi connectivity index (χ2v) is 4.57. The average Bonchev–Trinajstić information content (AvgIpc) is 2.48. The minimum atomic E-state index is -0.506. The molecule has 1 aromatic heterocycles. The maximum Gasteiger partial charge on any atom is 0.342 e. The van der Waals surface area contributed by atoms with Crippen LogP contribution in [0.5, 0.6) is 0 Å². The Morgan fingerprint density at radius 2 is 1.95 bits per heavy atom. The van der Waals surface area contributed by atoms with Crippen molar-refractivity contribution in [2.75, 3.05) is 0 Å². The smallest absolute Gasteiger partial charge is 0.342 e. The highest BCUT2D eigenvalue weighted by Gasteiger charge is 2.30. The fourth-order valence-electron chi connectivity index (χ4n) is 2.27. The average molecular weight is 267 g/mol. The van der Waals surface area contributed by atoms with Crippen LogP contribution < -0.4 is 0 Å². The van der Waals surface area contributed by atoms with E-state index in [4.69, 9.17) is 4.74 Å². The van der Waals surface area contributed by atoms with E-state index < -0.39 is 12.1 Å². The third kappa shape index (κ3) is 2.28. The maximum atomic E-state index is 12.1. The van der Waals surface area contributed by atoms with Crippen molar-refractivity contribution in [3.63, 3.8) is 0 Å². The summed E-state index contributed by atoms with van der Waals surface area (Å²) >= 11 is 0. The third-order valence-corrected chi connectivity index (χ3v) is 3.24. The second kappa shape index (κ2) is 5.17. The van der Waals surface area contributed by atoms with Gasteiger partial charge in [0.2, 0.25) is 0 Å². The molecule has 0 fully saturated rings. The molecule has 20 heavy (non-hydrogen) atoms. The number of hydrogen-bond donors (Lipinski definition) is 1. The predicted molar refractivity (Wildman–Crippen MR) is 73.7 cm³/mol. The van der Waals surface area contributed by atoms with E-state index in [1.54, 1.807) is 30.6 Å². The Morgan fingerprint density at radius 1 is 1.15 bits per heavy atom. The van der Waals surface area contributed by atoms with E-state index in [0.717, 1.165) is 5.56 Å². The molecule has 1 atom stereocenters. The van der Waals surface area contributed by atoms with Gasteiger partial charge < -0.3 is 9.84 Å². The van der Waals surface area contributed by atoms with E-state index in [9.17, 15) is 9.90 Å². The van der Waals surface area contributed by atoms with Gasteiger partial charge in [0.15, 0.2) is 0 Å². The fraction of sp³-hybridized carbons (Fsp3) is 0.125. The van der Waals surface area contributed by atoms with Gasteiger partial charge in [-0.15, -0.1) is 0 Å². The Kier molecular flexibility index (Phi) is 3.21. The van der Waals surface area contributed by atoms with Crippen LogP contribution in [0.3, 0.4) is 0 Å². The van der Waals surface area contributed by atoms with Gasteiger partial charge in [0.25, 0.3) is 0 Å². The van der Waals surface area contributed by atoms with E-state index in [2.05, 4.69) is 4.98 Å². The van der Waals surface area contributed by atoms with E-state index in [1.165, 1.54) is 0 Å². The van der Waals surface area contributed by atoms with Crippen molar-refractivity contribution in [3.05, 3.63) is 71.7 Å². The maximum absolute atomic E-state index is 12.1. The van der Waals surface area contributed by atoms with Gasteiger partial charge in [-0.2, -0.15) is 0 Å². The van der Waals surface area contributed by atoms with E-state index in [0.29, 0.717) is 5.56 Å². The highest BCUT2D eigenvalue weighted by Crippen LogP contribution is 2.34. The number of esters is 1. The van der Waals surface area contributed by atoms with Crippen molar-refractivity contribution in [1.29, 1.82) is 0 Å². The van der Waals surface area contributed by atoms with Gasteiger partial charge in [-0.3, -0.25) is 4.98 Å². The molecule has 2 aromatic rings. The summed E-state index contributed by atoms with van der Waals surface area (Å²) in [6.07, 6.45) is 3.07. The first-order chi connectivity index (χ1) is 9.75. The first kappa shape index (κ1) is 12.4. The molecule has 0 radical (unpaired) electrons. The van der Waals surface area contributed by atoms with Crippen molar-refractivity contribution in [2.45, 2.75) is 12.5 Å². The number of carbonyl (C=O) groups excluding carboxylic acids is 1. The van der Waals surface area contributed by atoms with Crippen LogP contribution in [0.4, 0.5) is 0 Å². The molecule has 1 unspecified atom stereocenters. The minimum Gasteiger partial charge on any atom is -0.511 e. The van der Waals surface area contributed by atoms with Crippen LogP contribution in [-0.2, 0) is 9.53 Å². The number of nitrogens with zero attached hydrogens (tertiary/aromatic N) is 1.